The number of carbonyl (C=O) groups excluding carboxylic acids is 1. The number of carbonyl (C=O) groups is 1. The highest BCUT2D eigenvalue weighted by Crippen LogP contribution is 2.20. The fourth-order valence-corrected chi connectivity index (χ4v) is 3.63. The van der Waals surface area contributed by atoms with E-state index in [-0.39, 0.29) is 17.2 Å². The van der Waals surface area contributed by atoms with Crippen molar-refractivity contribution in [1.82, 2.24) is 9.55 Å². The van der Waals surface area contributed by atoms with Crippen molar-refractivity contribution in [3.63, 3.8) is 0 Å². The molecule has 1 aromatic heterocycles. The van der Waals surface area contributed by atoms with E-state index in [4.69, 9.17) is 16.3 Å². The number of esters is 1. The highest BCUT2D eigenvalue weighted by Gasteiger charge is 2.16. The molecule has 0 radical (unpaired) electrons. The Morgan fingerprint density at radius 1 is 1.18 bits per heavy atom. The van der Waals surface area contributed by atoms with Crippen molar-refractivity contribution in [1.29, 1.82) is 0 Å². The molecule has 1 aliphatic rings. The zero-order valence-corrected chi connectivity index (χ0v) is 15.8. The van der Waals surface area contributed by atoms with Crippen LogP contribution in [-0.2, 0) is 24.3 Å². The molecule has 5 nitrogen and oxygen atoms in total. The molecule has 0 amide bonds. The molecule has 0 aliphatic carbocycles. The van der Waals surface area contributed by atoms with Crippen LogP contribution in [0, 0.1) is 5.82 Å². The van der Waals surface area contributed by atoms with Crippen LogP contribution in [0.2, 0.25) is 5.02 Å². The van der Waals surface area contributed by atoms with Gasteiger partial charge in [0.1, 0.15) is 18.2 Å². The summed E-state index contributed by atoms with van der Waals surface area (Å²) >= 11 is 5.96. The number of hydrogen-bond donors (Lipinski definition) is 0. The Balaban J connectivity index is 1.60. The summed E-state index contributed by atoms with van der Waals surface area (Å²) < 4.78 is 20.1. The quantitative estimate of drug-likeness (QED) is 0.616. The van der Waals surface area contributed by atoms with Gasteiger partial charge in [0.2, 0.25) is 0 Å². The van der Waals surface area contributed by atoms with Gasteiger partial charge in [-0.05, 0) is 43.2 Å². The molecule has 2 aromatic carbocycles. The summed E-state index contributed by atoms with van der Waals surface area (Å²) in [4.78, 5) is 29.8. The first-order valence-corrected chi connectivity index (χ1v) is 9.55. The van der Waals surface area contributed by atoms with Gasteiger partial charge in [-0.3, -0.25) is 9.36 Å². The first-order valence-electron chi connectivity index (χ1n) is 9.17. The van der Waals surface area contributed by atoms with Crippen LogP contribution >= 0.6 is 11.6 Å². The number of aryl methyl sites for hydroxylation is 1. The Labute approximate surface area is 165 Å². The topological polar surface area (TPSA) is 61.2 Å². The average Bonchev–Trinajstić information content (AvgIpc) is 2.92. The van der Waals surface area contributed by atoms with Crippen LogP contribution in [0.3, 0.4) is 0 Å². The zero-order valence-electron chi connectivity index (χ0n) is 15.1. The summed E-state index contributed by atoms with van der Waals surface area (Å²) in [6.07, 6.45) is 3.79. The summed E-state index contributed by atoms with van der Waals surface area (Å²) in [5.41, 5.74) is 1.24. The van der Waals surface area contributed by atoms with Crippen molar-refractivity contribution < 1.29 is 13.9 Å². The summed E-state index contributed by atoms with van der Waals surface area (Å²) in [5.74, 6) is -0.246. The van der Waals surface area contributed by atoms with Crippen LogP contribution in [0.4, 0.5) is 4.39 Å². The molecule has 0 N–H and O–H groups in total. The molecule has 0 spiro atoms. The monoisotopic (exact) mass is 400 g/mol. The lowest BCUT2D eigenvalue weighted by molar-refractivity contribution is 0.0473. The van der Waals surface area contributed by atoms with Gasteiger partial charge in [0.25, 0.3) is 5.56 Å². The smallest absolute Gasteiger partial charge is 0.338 e. The van der Waals surface area contributed by atoms with Crippen LogP contribution in [0.25, 0.3) is 10.9 Å². The molecule has 0 saturated heterocycles. The summed E-state index contributed by atoms with van der Waals surface area (Å²) in [6, 6.07) is 8.66. The third-order valence-electron chi connectivity index (χ3n) is 4.93. The standard InChI is InChI=1S/C21H18ClFN2O3/c22-17-11-15(23)7-5-14(17)12-28-21(27)13-6-8-16-18(10-13)24-19-4-2-1-3-9-25(19)20(16)26/h5-8,10-11H,1-4,9,12H2. The minimum absolute atomic E-state index is 0.0695. The number of aromatic nitrogens is 2. The second kappa shape index (κ2) is 7.72. The van der Waals surface area contributed by atoms with Crippen LogP contribution in [0.1, 0.15) is 41.0 Å². The number of benzene rings is 2. The van der Waals surface area contributed by atoms with Gasteiger partial charge in [-0.1, -0.05) is 24.1 Å². The summed E-state index contributed by atoms with van der Waals surface area (Å²) in [6.45, 7) is 0.607. The van der Waals surface area contributed by atoms with Crippen molar-refractivity contribution in [3.8, 4) is 0 Å². The molecular weight excluding hydrogens is 383 g/mol. The Kier molecular flexibility index (Phi) is 5.13. The first-order chi connectivity index (χ1) is 13.5. The number of halogens is 2. The van der Waals surface area contributed by atoms with E-state index in [0.29, 0.717) is 28.6 Å². The SMILES string of the molecule is O=C(OCc1ccc(F)cc1Cl)c1ccc2c(=O)n3c(nc2c1)CCCCC3. The summed E-state index contributed by atoms with van der Waals surface area (Å²) in [7, 11) is 0. The van der Waals surface area contributed by atoms with Crippen molar-refractivity contribution in [2.24, 2.45) is 0 Å². The zero-order chi connectivity index (χ0) is 19.7. The van der Waals surface area contributed by atoms with E-state index in [9.17, 15) is 14.0 Å². The molecule has 0 fully saturated rings. The minimum Gasteiger partial charge on any atom is -0.457 e. The van der Waals surface area contributed by atoms with Crippen LogP contribution in [-0.4, -0.2) is 15.5 Å². The van der Waals surface area contributed by atoms with Gasteiger partial charge in [0, 0.05) is 18.5 Å². The van der Waals surface area contributed by atoms with Gasteiger partial charge in [-0.25, -0.2) is 14.2 Å². The second-order valence-corrected chi connectivity index (χ2v) is 7.25. The predicted molar refractivity (Wildman–Crippen MR) is 104 cm³/mol. The van der Waals surface area contributed by atoms with E-state index in [2.05, 4.69) is 4.98 Å². The van der Waals surface area contributed by atoms with E-state index >= 15 is 0 Å². The van der Waals surface area contributed by atoms with Gasteiger partial charge in [0.15, 0.2) is 0 Å². The largest absolute Gasteiger partial charge is 0.457 e. The predicted octanol–water partition coefficient (Wildman–Crippen LogP) is 4.27. The Bertz CT molecular complexity index is 1130. The number of rotatable bonds is 3. The molecule has 1 aliphatic heterocycles. The third-order valence-corrected chi connectivity index (χ3v) is 5.28. The van der Waals surface area contributed by atoms with Gasteiger partial charge < -0.3 is 4.74 Å². The molecule has 7 heteroatoms. The maximum atomic E-state index is 13.1. The number of nitrogens with zero attached hydrogens (tertiary/aromatic N) is 2. The van der Waals surface area contributed by atoms with Gasteiger partial charge >= 0.3 is 5.97 Å². The molecule has 0 unspecified atom stereocenters. The lowest BCUT2D eigenvalue weighted by Crippen LogP contribution is -2.24. The van der Waals surface area contributed by atoms with Crippen LogP contribution in [0.5, 0.6) is 0 Å². The Hall–Kier alpha value is -2.73. The maximum Gasteiger partial charge on any atom is 0.338 e. The molecule has 4 rings (SSSR count). The van der Waals surface area contributed by atoms with Gasteiger partial charge in [-0.2, -0.15) is 0 Å². The Morgan fingerprint density at radius 2 is 2.04 bits per heavy atom. The molecule has 144 valence electrons. The first kappa shape index (κ1) is 18.6. The highest BCUT2D eigenvalue weighted by atomic mass is 35.5. The normalized spacial score (nSPS) is 13.8. The maximum absolute atomic E-state index is 13.1. The Morgan fingerprint density at radius 3 is 2.86 bits per heavy atom. The van der Waals surface area contributed by atoms with E-state index in [1.807, 2.05) is 0 Å². The van der Waals surface area contributed by atoms with Crippen LogP contribution < -0.4 is 5.56 Å². The molecule has 0 bridgehead atoms. The molecule has 3 aromatic rings. The molecule has 28 heavy (non-hydrogen) atoms. The molecule has 0 atom stereocenters. The average molecular weight is 401 g/mol. The van der Waals surface area contributed by atoms with Crippen molar-refractivity contribution in [2.75, 3.05) is 0 Å². The van der Waals surface area contributed by atoms with Crippen LogP contribution in [0.15, 0.2) is 41.2 Å². The number of fused-ring (bicyclic) bond motifs is 2. The van der Waals surface area contributed by atoms with E-state index in [1.165, 1.54) is 18.2 Å². The molecular formula is C21H18ClFN2O3. The summed E-state index contributed by atoms with van der Waals surface area (Å²) in [5, 5.41) is 0.687. The third kappa shape index (κ3) is 3.64. The second-order valence-electron chi connectivity index (χ2n) is 6.84. The lowest BCUT2D eigenvalue weighted by Gasteiger charge is -2.11. The number of ether oxygens (including phenoxy) is 1. The molecule has 2 heterocycles. The van der Waals surface area contributed by atoms with Crippen molar-refractivity contribution in [2.45, 2.75) is 38.8 Å². The lowest BCUT2D eigenvalue weighted by atomic mass is 10.1. The van der Waals surface area contributed by atoms with Crippen molar-refractivity contribution in [3.05, 3.63) is 74.5 Å². The van der Waals surface area contributed by atoms with E-state index in [0.717, 1.165) is 31.5 Å². The van der Waals surface area contributed by atoms with Gasteiger partial charge in [-0.15, -0.1) is 0 Å². The fourth-order valence-electron chi connectivity index (χ4n) is 3.41. The highest BCUT2D eigenvalue weighted by molar-refractivity contribution is 6.31. The van der Waals surface area contributed by atoms with E-state index < -0.39 is 11.8 Å². The number of hydrogen-bond acceptors (Lipinski definition) is 4. The van der Waals surface area contributed by atoms with Gasteiger partial charge in [0.05, 0.1) is 21.5 Å². The fraction of sp³-hybridized carbons (Fsp3) is 0.286. The molecule has 0 saturated carbocycles. The minimum atomic E-state index is -0.556. The van der Waals surface area contributed by atoms with Crippen molar-refractivity contribution >= 4 is 28.5 Å². The van der Waals surface area contributed by atoms with E-state index in [1.54, 1.807) is 22.8 Å².